The van der Waals surface area contributed by atoms with Crippen LogP contribution in [0.1, 0.15) is 25.5 Å². The quantitative estimate of drug-likeness (QED) is 0.863. The van der Waals surface area contributed by atoms with Crippen molar-refractivity contribution < 1.29 is 4.39 Å². The predicted octanol–water partition coefficient (Wildman–Crippen LogP) is 1.50. The molecule has 1 atom stereocenters. The van der Waals surface area contributed by atoms with Crippen LogP contribution in [0.15, 0.2) is 6.33 Å². The Kier molecular flexibility index (Phi) is 3.89. The molecule has 0 spiro atoms. The Balaban J connectivity index is 2.27. The number of nitrogens with zero attached hydrogens (tertiary/aromatic N) is 3. The van der Waals surface area contributed by atoms with E-state index in [1.54, 1.807) is 6.92 Å². The second-order valence-electron chi connectivity index (χ2n) is 4.44. The molecule has 94 valence electrons. The molecule has 0 aliphatic carbocycles. The van der Waals surface area contributed by atoms with E-state index >= 15 is 0 Å². The van der Waals surface area contributed by atoms with Crippen molar-refractivity contribution in [2.75, 3.05) is 24.5 Å². The number of halogens is 1. The van der Waals surface area contributed by atoms with Gasteiger partial charge in [-0.2, -0.15) is 0 Å². The minimum absolute atomic E-state index is 0.284. The topological polar surface area (TPSA) is 41.1 Å². The van der Waals surface area contributed by atoms with Crippen molar-refractivity contribution in [3.05, 3.63) is 17.8 Å². The van der Waals surface area contributed by atoms with E-state index in [0.29, 0.717) is 17.6 Å². The normalized spacial score (nSPS) is 19.6. The van der Waals surface area contributed by atoms with Gasteiger partial charge >= 0.3 is 0 Å². The molecule has 1 unspecified atom stereocenters. The number of aromatic nitrogens is 2. The molecule has 0 radical (unpaired) electrons. The molecule has 1 aromatic heterocycles. The van der Waals surface area contributed by atoms with Crippen LogP contribution in [0.25, 0.3) is 0 Å². The van der Waals surface area contributed by atoms with Gasteiger partial charge in [-0.15, -0.1) is 0 Å². The number of hydrogen-bond acceptors (Lipinski definition) is 4. The maximum atomic E-state index is 14.0. The van der Waals surface area contributed by atoms with Crippen LogP contribution < -0.4 is 10.2 Å². The summed E-state index contributed by atoms with van der Waals surface area (Å²) >= 11 is 0. The average molecular weight is 238 g/mol. The summed E-state index contributed by atoms with van der Waals surface area (Å²) in [6.07, 6.45) is 3.47. The van der Waals surface area contributed by atoms with Gasteiger partial charge in [0, 0.05) is 19.1 Å². The third-order valence-corrected chi connectivity index (χ3v) is 3.16. The highest BCUT2D eigenvalue weighted by atomic mass is 19.1. The molecule has 2 heterocycles. The standard InChI is InChI=1S/C12H19FN4/c1-3-6-17(10-4-5-14-7-10)12-11(13)9(2)15-8-16-12/h8,10,14H,3-7H2,1-2H3. The van der Waals surface area contributed by atoms with Crippen molar-refractivity contribution >= 4 is 5.82 Å². The van der Waals surface area contributed by atoms with Gasteiger partial charge in [0.05, 0.1) is 5.69 Å². The van der Waals surface area contributed by atoms with Gasteiger partial charge in [0.15, 0.2) is 11.6 Å². The first-order valence-corrected chi connectivity index (χ1v) is 6.18. The Hall–Kier alpha value is -1.23. The maximum Gasteiger partial charge on any atom is 0.186 e. The SMILES string of the molecule is CCCN(c1ncnc(C)c1F)C1CCNC1. The number of aryl methyl sites for hydroxylation is 1. The predicted molar refractivity (Wildman–Crippen MR) is 65.6 cm³/mol. The van der Waals surface area contributed by atoms with Gasteiger partial charge in [-0.05, 0) is 26.3 Å². The zero-order chi connectivity index (χ0) is 12.3. The molecule has 1 aliphatic heterocycles. The molecular weight excluding hydrogens is 219 g/mol. The Bertz CT molecular complexity index is 377. The molecule has 1 fully saturated rings. The fraction of sp³-hybridized carbons (Fsp3) is 0.667. The largest absolute Gasteiger partial charge is 0.350 e. The Morgan fingerprint density at radius 1 is 1.53 bits per heavy atom. The van der Waals surface area contributed by atoms with E-state index in [2.05, 4.69) is 27.1 Å². The summed E-state index contributed by atoms with van der Waals surface area (Å²) in [7, 11) is 0. The van der Waals surface area contributed by atoms with Crippen molar-refractivity contribution in [2.24, 2.45) is 0 Å². The highest BCUT2D eigenvalue weighted by Gasteiger charge is 2.25. The summed E-state index contributed by atoms with van der Waals surface area (Å²) in [4.78, 5) is 10.1. The molecule has 1 aromatic rings. The lowest BCUT2D eigenvalue weighted by molar-refractivity contribution is 0.559. The lowest BCUT2D eigenvalue weighted by Gasteiger charge is -2.29. The van der Waals surface area contributed by atoms with Gasteiger partial charge in [-0.3, -0.25) is 0 Å². The Morgan fingerprint density at radius 3 is 3.00 bits per heavy atom. The molecule has 4 nitrogen and oxygen atoms in total. The first-order chi connectivity index (χ1) is 8.24. The van der Waals surface area contributed by atoms with E-state index < -0.39 is 0 Å². The minimum atomic E-state index is -0.284. The first kappa shape index (κ1) is 12.2. The van der Waals surface area contributed by atoms with Gasteiger partial charge in [0.25, 0.3) is 0 Å². The molecule has 1 saturated heterocycles. The number of rotatable bonds is 4. The molecule has 0 aromatic carbocycles. The van der Waals surface area contributed by atoms with E-state index in [1.165, 1.54) is 6.33 Å². The van der Waals surface area contributed by atoms with Crippen LogP contribution in [0.2, 0.25) is 0 Å². The van der Waals surface area contributed by atoms with Crippen LogP contribution in [0.4, 0.5) is 10.2 Å². The molecule has 17 heavy (non-hydrogen) atoms. The van der Waals surface area contributed by atoms with E-state index in [9.17, 15) is 4.39 Å². The smallest absolute Gasteiger partial charge is 0.186 e. The summed E-state index contributed by atoms with van der Waals surface area (Å²) < 4.78 is 14.0. The van der Waals surface area contributed by atoms with Gasteiger partial charge in [0.1, 0.15) is 6.33 Å². The highest BCUT2D eigenvalue weighted by molar-refractivity contribution is 5.42. The summed E-state index contributed by atoms with van der Waals surface area (Å²) in [5, 5.41) is 3.31. The summed E-state index contributed by atoms with van der Waals surface area (Å²) in [6, 6.07) is 0.346. The number of nitrogens with one attached hydrogen (secondary N) is 1. The molecule has 0 bridgehead atoms. The van der Waals surface area contributed by atoms with Crippen LogP contribution >= 0.6 is 0 Å². The fourth-order valence-corrected chi connectivity index (χ4v) is 2.25. The molecular formula is C12H19FN4. The highest BCUT2D eigenvalue weighted by Crippen LogP contribution is 2.22. The van der Waals surface area contributed by atoms with E-state index in [1.807, 2.05) is 0 Å². The molecule has 0 saturated carbocycles. The molecule has 1 aliphatic rings. The maximum absolute atomic E-state index is 14.0. The Labute approximate surface area is 101 Å². The minimum Gasteiger partial charge on any atom is -0.350 e. The summed E-state index contributed by atoms with van der Waals surface area (Å²) in [5.41, 5.74) is 0.419. The van der Waals surface area contributed by atoms with Crippen LogP contribution in [0, 0.1) is 12.7 Å². The Morgan fingerprint density at radius 2 is 2.35 bits per heavy atom. The third kappa shape index (κ3) is 2.54. The molecule has 5 heteroatoms. The van der Waals surface area contributed by atoms with Crippen LogP contribution in [-0.4, -0.2) is 35.6 Å². The molecule has 1 N–H and O–H groups in total. The van der Waals surface area contributed by atoms with Crippen molar-refractivity contribution in [1.82, 2.24) is 15.3 Å². The van der Waals surface area contributed by atoms with E-state index in [0.717, 1.165) is 32.5 Å². The zero-order valence-electron chi connectivity index (χ0n) is 10.4. The van der Waals surface area contributed by atoms with E-state index in [4.69, 9.17) is 0 Å². The van der Waals surface area contributed by atoms with Gasteiger partial charge in [0.2, 0.25) is 0 Å². The van der Waals surface area contributed by atoms with Crippen LogP contribution in [0.3, 0.4) is 0 Å². The third-order valence-electron chi connectivity index (χ3n) is 3.16. The number of anilines is 1. The van der Waals surface area contributed by atoms with Crippen molar-refractivity contribution in [1.29, 1.82) is 0 Å². The first-order valence-electron chi connectivity index (χ1n) is 6.18. The monoisotopic (exact) mass is 238 g/mol. The van der Waals surface area contributed by atoms with Crippen LogP contribution in [0.5, 0.6) is 0 Å². The van der Waals surface area contributed by atoms with Gasteiger partial charge in [-0.1, -0.05) is 6.92 Å². The fourth-order valence-electron chi connectivity index (χ4n) is 2.25. The second-order valence-corrected chi connectivity index (χ2v) is 4.44. The summed E-state index contributed by atoms with van der Waals surface area (Å²) in [6.45, 7) is 6.51. The van der Waals surface area contributed by atoms with Crippen LogP contribution in [-0.2, 0) is 0 Å². The zero-order valence-corrected chi connectivity index (χ0v) is 10.4. The number of hydrogen-bond donors (Lipinski definition) is 1. The van der Waals surface area contributed by atoms with Gasteiger partial charge in [-0.25, -0.2) is 14.4 Å². The average Bonchev–Trinajstić information content (AvgIpc) is 2.84. The van der Waals surface area contributed by atoms with Gasteiger partial charge < -0.3 is 10.2 Å². The van der Waals surface area contributed by atoms with Crippen molar-refractivity contribution in [2.45, 2.75) is 32.7 Å². The second kappa shape index (κ2) is 5.40. The molecule has 2 rings (SSSR count). The summed E-state index contributed by atoms with van der Waals surface area (Å²) in [5.74, 6) is 0.167. The van der Waals surface area contributed by atoms with E-state index in [-0.39, 0.29) is 5.82 Å². The molecule has 0 amide bonds. The van der Waals surface area contributed by atoms with Crippen molar-refractivity contribution in [3.8, 4) is 0 Å². The lowest BCUT2D eigenvalue weighted by atomic mass is 10.2. The van der Waals surface area contributed by atoms with Crippen molar-refractivity contribution in [3.63, 3.8) is 0 Å². The lowest BCUT2D eigenvalue weighted by Crippen LogP contribution is -2.38.